The fourth-order valence-electron chi connectivity index (χ4n) is 15.0. The Morgan fingerprint density at radius 3 is 0.510 bits per heavy atom. The Labute approximate surface area is 587 Å². The van der Waals surface area contributed by atoms with Crippen molar-refractivity contribution >= 4 is 0 Å². The first kappa shape index (κ1) is 84.0. The average molecular weight is 1450 g/mol. The summed E-state index contributed by atoms with van der Waals surface area (Å²) in [6.07, 6.45) is -34.1. The molecule has 21 rings (SSSR count). The number of hydrogen-bond acceptors (Lipinski definition) is 35. The lowest BCUT2D eigenvalue weighted by Gasteiger charge is -2.52. The smallest absolute Gasteiger partial charge is 0.187 e. The lowest BCUT2D eigenvalue weighted by atomic mass is 9.94. The van der Waals surface area contributed by atoms with Gasteiger partial charge in [0.05, 0.1) is 39.6 Å². The van der Waals surface area contributed by atoms with Gasteiger partial charge >= 0.3 is 0 Å². The minimum atomic E-state index is -1.22. The molecule has 21 saturated heterocycles. The molecule has 0 aromatic carbocycles. The number of hydrogen-bond donors (Lipinski definition) is 1. The maximum atomic E-state index is 7.12. The molecular formula is C65H115NO34. The summed E-state index contributed by atoms with van der Waals surface area (Å²) in [5.74, 6) is 0. The molecule has 0 unspecified atom stereocenters. The van der Waals surface area contributed by atoms with Crippen LogP contribution in [0.15, 0.2) is 12.7 Å². The molecule has 14 bridgehead atoms. The van der Waals surface area contributed by atoms with Crippen molar-refractivity contribution in [1.82, 2.24) is 5.32 Å². The van der Waals surface area contributed by atoms with E-state index in [1.165, 1.54) is 142 Å². The lowest BCUT2D eigenvalue weighted by molar-refractivity contribution is -0.402. The van der Waals surface area contributed by atoms with E-state index in [1.54, 1.807) is 6.08 Å². The highest BCUT2D eigenvalue weighted by Crippen LogP contribution is 2.43. The monoisotopic (exact) mass is 1450 g/mol. The summed E-state index contributed by atoms with van der Waals surface area (Å²) >= 11 is 0. The van der Waals surface area contributed by atoms with Crippen LogP contribution < -0.4 is 5.32 Å². The van der Waals surface area contributed by atoms with E-state index in [0.717, 1.165) is 0 Å². The van der Waals surface area contributed by atoms with Gasteiger partial charge in [-0.2, -0.15) is 0 Å². The first-order chi connectivity index (χ1) is 48.7. The van der Waals surface area contributed by atoms with Crippen LogP contribution in [0.3, 0.4) is 0 Å². The SMILES string of the molecule is C=CCNC[C@H]1O[C@@H]2O[C@H]3[C@H](OC)[C@@H](OC)[C@@H](O[C@H]4[C@H](OC)[C@@H](OC)[C@@H](O[C@H]5[C@H](OC)[C@@H](OC)[C@@H](O[C@H]6[C@H](OC)[C@@H](OC)[C@@H](O[C@H]7[C@H](OC)[C@@H](OC)[C@@H](O[C@H]8[C@H](OC)[C@@H](OC)[C@@H](O[C@H]1[C@H](OC)[C@H]2OC)O[C@@H]8COC)O[C@@H]7COC)O[C@@H]6COC)O[C@@H]5COC)O[C@@H]4COC)O[C@@H]3COC. The molecule has 0 amide bonds. The van der Waals surface area contributed by atoms with Gasteiger partial charge in [0.25, 0.3) is 0 Å². The molecule has 1 N–H and O–H groups in total. The molecule has 0 spiro atoms. The molecule has 35 nitrogen and oxygen atoms in total. The fourth-order valence-corrected chi connectivity index (χ4v) is 15.0. The van der Waals surface area contributed by atoms with Crippen molar-refractivity contribution in [2.45, 2.75) is 215 Å². The Balaban J connectivity index is 1.24. The Morgan fingerprint density at radius 1 is 0.220 bits per heavy atom. The van der Waals surface area contributed by atoms with Gasteiger partial charge in [-0.3, -0.25) is 0 Å². The lowest BCUT2D eigenvalue weighted by Crippen LogP contribution is -2.69. The van der Waals surface area contributed by atoms with Crippen molar-refractivity contribution in [2.75, 3.05) is 195 Å². The molecule has 35 atom stereocenters. The Hall–Kier alpha value is -1.66. The molecule has 584 valence electrons. The molecule has 21 heterocycles. The second-order valence-corrected chi connectivity index (χ2v) is 25.0. The quantitative estimate of drug-likeness (QED) is 0.0641. The minimum absolute atomic E-state index is 0.0353. The van der Waals surface area contributed by atoms with Crippen molar-refractivity contribution < 1.29 is 161 Å². The number of ether oxygens (including phenoxy) is 34. The van der Waals surface area contributed by atoms with E-state index in [1.807, 2.05) is 0 Å². The largest absolute Gasteiger partial charge is 0.382 e. The third-order valence-electron chi connectivity index (χ3n) is 19.6. The van der Waals surface area contributed by atoms with Crippen LogP contribution in [0.4, 0.5) is 0 Å². The van der Waals surface area contributed by atoms with Crippen LogP contribution in [-0.4, -0.2) is 410 Å². The highest BCUT2D eigenvalue weighted by atomic mass is 16.8. The number of methoxy groups -OCH3 is 20. The van der Waals surface area contributed by atoms with Crippen LogP contribution in [0.1, 0.15) is 0 Å². The van der Waals surface area contributed by atoms with Gasteiger partial charge in [-0.05, 0) is 0 Å². The van der Waals surface area contributed by atoms with Crippen molar-refractivity contribution in [2.24, 2.45) is 0 Å². The van der Waals surface area contributed by atoms with Crippen molar-refractivity contribution in [3.8, 4) is 0 Å². The van der Waals surface area contributed by atoms with E-state index >= 15 is 0 Å². The van der Waals surface area contributed by atoms with Crippen LogP contribution >= 0.6 is 0 Å². The van der Waals surface area contributed by atoms with Gasteiger partial charge in [-0.25, -0.2) is 0 Å². The van der Waals surface area contributed by atoms with Gasteiger partial charge in [0, 0.05) is 155 Å². The Morgan fingerprint density at radius 2 is 0.370 bits per heavy atom. The number of nitrogens with one attached hydrogen (secondary N) is 1. The van der Waals surface area contributed by atoms with Crippen LogP contribution in [0.25, 0.3) is 0 Å². The molecule has 21 aliphatic rings. The molecule has 0 aliphatic carbocycles. The van der Waals surface area contributed by atoms with Crippen LogP contribution in [0, 0.1) is 0 Å². The molecular weight excluding hydrogens is 1340 g/mol. The van der Waals surface area contributed by atoms with Crippen molar-refractivity contribution in [1.29, 1.82) is 0 Å². The normalized spacial score (nSPS) is 45.3. The summed E-state index contributed by atoms with van der Waals surface area (Å²) in [4.78, 5) is 0. The van der Waals surface area contributed by atoms with Crippen LogP contribution in [-0.2, 0) is 161 Å². The Kier molecular flexibility index (Phi) is 34.9. The van der Waals surface area contributed by atoms with E-state index in [2.05, 4.69) is 11.9 Å². The first-order valence-electron chi connectivity index (χ1n) is 33.5. The summed E-state index contributed by atoms with van der Waals surface area (Å²) in [5, 5.41) is 3.39. The standard InChI is InChI=1S/C65H115NO34/c1-22-23-66-24-31-38-45(73-8)52(80-15)59(87-31)95-39-32(25-67-2)89-61(54(82-17)46(39)74-9)97-41-34(27-69-4)91-63(56(84-19)48(41)76-11)99-43-36(29-71-6)93-65(58(86-21)50(43)78-13)100-44-37(30-72-7)92-64(57(85-20)51(44)79-14)98-42-35(28-70-5)90-62(55(83-18)49(42)77-12)96-40-33(26-68-3)88-60(94-38)53(81-16)47(40)75-10/h22,31-66H,1,23-30H2,2-21H3/t31-,32-,33-,34-,35-,36-,37-,38-,39-,40-,41-,42-,43-,44-,45+,46+,47+,48+,49+,50+,51+,52-,53-,54-,55-,56-,57-,58-,59-,60-,61-,62-,63-,64-,65-/m1/s1. The maximum Gasteiger partial charge on any atom is 0.187 e. The number of rotatable bonds is 30. The van der Waals surface area contributed by atoms with Gasteiger partial charge in [-0.1, -0.05) is 6.08 Å². The van der Waals surface area contributed by atoms with Crippen LogP contribution in [0.5, 0.6) is 0 Å². The third kappa shape index (κ3) is 18.5. The van der Waals surface area contributed by atoms with Crippen molar-refractivity contribution in [3.63, 3.8) is 0 Å². The first-order valence-corrected chi connectivity index (χ1v) is 33.5. The molecule has 100 heavy (non-hydrogen) atoms. The summed E-state index contributed by atoms with van der Waals surface area (Å²) in [7, 11) is 30.3. The topological polar surface area (TPSA) is 326 Å². The Bertz CT molecular complexity index is 2270. The zero-order valence-corrected chi connectivity index (χ0v) is 61.5. The summed E-state index contributed by atoms with van der Waals surface area (Å²) in [5.41, 5.74) is 0. The molecule has 21 aliphatic heterocycles. The molecule has 0 aromatic heterocycles. The third-order valence-corrected chi connectivity index (χ3v) is 19.6. The zero-order chi connectivity index (χ0) is 72.3. The second kappa shape index (κ2) is 41.6. The maximum absolute atomic E-state index is 7.12. The van der Waals surface area contributed by atoms with E-state index in [0.29, 0.717) is 6.54 Å². The molecule has 35 heteroatoms. The molecule has 21 fully saturated rings. The van der Waals surface area contributed by atoms with E-state index < -0.39 is 215 Å². The highest BCUT2D eigenvalue weighted by molar-refractivity contribution is 5.04. The summed E-state index contributed by atoms with van der Waals surface area (Å²) in [6, 6.07) is 0. The summed E-state index contributed by atoms with van der Waals surface area (Å²) < 4.78 is 221. The van der Waals surface area contributed by atoms with Crippen molar-refractivity contribution in [3.05, 3.63) is 12.7 Å². The predicted octanol–water partition coefficient (Wildman–Crippen LogP) is -1.37. The van der Waals surface area contributed by atoms with Crippen LogP contribution in [0.2, 0.25) is 0 Å². The second-order valence-electron chi connectivity index (χ2n) is 25.0. The zero-order valence-electron chi connectivity index (χ0n) is 61.5. The average Bonchev–Trinajstić information content (AvgIpc) is 0.768. The summed E-state index contributed by atoms with van der Waals surface area (Å²) in [6.45, 7) is 4.27. The van der Waals surface area contributed by atoms with Gasteiger partial charge in [0.15, 0.2) is 44.0 Å². The van der Waals surface area contributed by atoms with E-state index in [4.69, 9.17) is 161 Å². The van der Waals surface area contributed by atoms with E-state index in [-0.39, 0.29) is 46.2 Å². The highest BCUT2D eigenvalue weighted by Gasteiger charge is 2.62. The van der Waals surface area contributed by atoms with Gasteiger partial charge in [0.1, 0.15) is 171 Å². The molecule has 0 radical (unpaired) electrons. The van der Waals surface area contributed by atoms with Gasteiger partial charge in [0.2, 0.25) is 0 Å². The molecule has 0 aromatic rings. The van der Waals surface area contributed by atoms with E-state index in [9.17, 15) is 0 Å². The molecule has 0 saturated carbocycles. The minimum Gasteiger partial charge on any atom is -0.382 e. The van der Waals surface area contributed by atoms with Gasteiger partial charge < -0.3 is 166 Å². The predicted molar refractivity (Wildman–Crippen MR) is 340 cm³/mol. The fraction of sp³-hybridized carbons (Fsp3) is 0.969. The van der Waals surface area contributed by atoms with Gasteiger partial charge in [-0.15, -0.1) is 6.58 Å².